The number of nitrogens with zero attached hydrogens (tertiary/aromatic N) is 2. The van der Waals surface area contributed by atoms with Crippen LogP contribution < -0.4 is 11.1 Å². The quantitative estimate of drug-likeness (QED) is 0.331. The van der Waals surface area contributed by atoms with E-state index < -0.39 is 11.9 Å². The number of phenolic OH excluding ortho intramolecular Hbond substituents is 1. The van der Waals surface area contributed by atoms with E-state index in [0.717, 1.165) is 0 Å². The molecule has 3 aromatic carbocycles. The third kappa shape index (κ3) is 3.45. The van der Waals surface area contributed by atoms with Crippen molar-refractivity contribution < 1.29 is 9.90 Å². The lowest BCUT2D eigenvalue weighted by Crippen LogP contribution is -2.12. The number of nitrogens with one attached hydrogen (secondary N) is 2. The normalized spacial score (nSPS) is 10.9. The summed E-state index contributed by atoms with van der Waals surface area (Å²) in [6, 6.07) is 17.3. The summed E-state index contributed by atoms with van der Waals surface area (Å²) in [5.74, 6) is -1.08. The zero-order chi connectivity index (χ0) is 17.8. The van der Waals surface area contributed by atoms with Crippen LogP contribution in [0.15, 0.2) is 70.9 Å². The first-order valence-electron chi connectivity index (χ1n) is 7.43. The molecule has 0 bridgehead atoms. The van der Waals surface area contributed by atoms with Crippen molar-refractivity contribution in [1.82, 2.24) is 0 Å². The highest BCUT2D eigenvalue weighted by atomic mass is 16.3. The van der Waals surface area contributed by atoms with Crippen molar-refractivity contribution in [2.75, 3.05) is 5.32 Å². The predicted octanol–water partition coefficient (Wildman–Crippen LogP) is 3.77. The molecule has 0 atom stereocenters. The number of para-hydroxylation sites is 1. The van der Waals surface area contributed by atoms with Crippen molar-refractivity contribution in [3.05, 3.63) is 66.2 Å². The summed E-state index contributed by atoms with van der Waals surface area (Å²) in [6.07, 6.45) is 0. The highest BCUT2D eigenvalue weighted by Crippen LogP contribution is 2.36. The molecule has 0 aromatic heterocycles. The van der Waals surface area contributed by atoms with Gasteiger partial charge in [0.25, 0.3) is 5.91 Å². The molecule has 0 aliphatic rings. The van der Waals surface area contributed by atoms with E-state index in [4.69, 9.17) is 11.1 Å². The Morgan fingerprint density at radius 3 is 2.36 bits per heavy atom. The maximum Gasteiger partial charge on any atom is 0.259 e. The molecule has 5 N–H and O–H groups in total. The minimum absolute atomic E-state index is 0.0556. The summed E-state index contributed by atoms with van der Waals surface area (Å²) in [6.45, 7) is 0. The van der Waals surface area contributed by atoms with Crippen LogP contribution in [0, 0.1) is 5.41 Å². The molecule has 0 aliphatic heterocycles. The van der Waals surface area contributed by atoms with Crippen LogP contribution in [-0.4, -0.2) is 17.0 Å². The molecule has 0 unspecified atom stereocenters. The molecular weight excluding hydrogens is 318 g/mol. The number of hydrogen-bond donors (Lipinski definition) is 4. The fourth-order valence-corrected chi connectivity index (χ4v) is 2.42. The van der Waals surface area contributed by atoms with E-state index in [0.29, 0.717) is 22.1 Å². The molecule has 3 aromatic rings. The second-order valence-electron chi connectivity index (χ2n) is 5.24. The number of nitrogens with two attached hydrogens (primary N) is 1. The Hall–Kier alpha value is -3.74. The standard InChI is InChI=1S/C18H15N5O2/c19-18(20)23-22-15-10-14(16(24)13-9-5-4-8-12(13)15)17(25)21-11-6-2-1-3-7-11/h1-10,24H,(H3,19,20)(H,21,25). The van der Waals surface area contributed by atoms with Gasteiger partial charge in [0.2, 0.25) is 5.96 Å². The number of anilines is 1. The summed E-state index contributed by atoms with van der Waals surface area (Å²) in [5, 5.41) is 28.9. The lowest BCUT2D eigenvalue weighted by atomic mass is 10.0. The largest absolute Gasteiger partial charge is 0.506 e. The van der Waals surface area contributed by atoms with E-state index in [1.165, 1.54) is 6.07 Å². The molecule has 0 heterocycles. The van der Waals surface area contributed by atoms with Crippen molar-refractivity contribution in [3.8, 4) is 5.75 Å². The van der Waals surface area contributed by atoms with Crippen molar-refractivity contribution >= 4 is 34.0 Å². The zero-order valence-corrected chi connectivity index (χ0v) is 13.1. The van der Waals surface area contributed by atoms with Gasteiger partial charge in [0.1, 0.15) is 5.75 Å². The van der Waals surface area contributed by atoms with Gasteiger partial charge in [-0.2, -0.15) is 0 Å². The molecular formula is C18H15N5O2. The van der Waals surface area contributed by atoms with E-state index in [2.05, 4.69) is 15.5 Å². The van der Waals surface area contributed by atoms with Gasteiger partial charge in [-0.3, -0.25) is 10.2 Å². The summed E-state index contributed by atoms with van der Waals surface area (Å²) in [7, 11) is 0. The van der Waals surface area contributed by atoms with Crippen LogP contribution in [0.4, 0.5) is 11.4 Å². The first-order valence-corrected chi connectivity index (χ1v) is 7.43. The molecule has 25 heavy (non-hydrogen) atoms. The molecule has 7 heteroatoms. The average molecular weight is 333 g/mol. The SMILES string of the molecule is N=C(N)N=Nc1cc(C(=O)Nc2ccccc2)c(O)c2ccccc12. The number of guanidine groups is 1. The number of hydrogen-bond acceptors (Lipinski definition) is 4. The monoisotopic (exact) mass is 333 g/mol. The predicted molar refractivity (Wildman–Crippen MR) is 96.4 cm³/mol. The molecule has 7 nitrogen and oxygen atoms in total. The number of benzene rings is 3. The van der Waals surface area contributed by atoms with Gasteiger partial charge in [-0.1, -0.05) is 42.5 Å². The Kier molecular flexibility index (Phi) is 4.38. The van der Waals surface area contributed by atoms with Crippen molar-refractivity contribution in [1.29, 1.82) is 5.41 Å². The fourth-order valence-electron chi connectivity index (χ4n) is 2.42. The number of carbonyl (C=O) groups is 1. The van der Waals surface area contributed by atoms with Gasteiger partial charge in [0.05, 0.1) is 11.3 Å². The molecule has 124 valence electrons. The van der Waals surface area contributed by atoms with Gasteiger partial charge >= 0.3 is 0 Å². The number of phenols is 1. The average Bonchev–Trinajstić information content (AvgIpc) is 2.62. The summed E-state index contributed by atoms with van der Waals surface area (Å²) >= 11 is 0. The molecule has 0 saturated heterocycles. The van der Waals surface area contributed by atoms with Gasteiger partial charge in [0, 0.05) is 16.5 Å². The van der Waals surface area contributed by atoms with Crippen LogP contribution in [0.1, 0.15) is 10.4 Å². The highest BCUT2D eigenvalue weighted by Gasteiger charge is 2.17. The topological polar surface area (TPSA) is 124 Å². The second-order valence-corrected chi connectivity index (χ2v) is 5.24. The lowest BCUT2D eigenvalue weighted by Gasteiger charge is -2.11. The van der Waals surface area contributed by atoms with Crippen LogP contribution in [-0.2, 0) is 0 Å². The number of amides is 1. The smallest absolute Gasteiger partial charge is 0.259 e. The minimum atomic E-state index is -0.478. The van der Waals surface area contributed by atoms with E-state index in [-0.39, 0.29) is 11.3 Å². The summed E-state index contributed by atoms with van der Waals surface area (Å²) in [5.41, 5.74) is 6.20. The molecule has 3 rings (SSSR count). The maximum absolute atomic E-state index is 12.6. The minimum Gasteiger partial charge on any atom is -0.506 e. The van der Waals surface area contributed by atoms with Crippen LogP contribution in [0.2, 0.25) is 0 Å². The van der Waals surface area contributed by atoms with Crippen molar-refractivity contribution in [3.63, 3.8) is 0 Å². The van der Waals surface area contributed by atoms with Crippen LogP contribution in [0.5, 0.6) is 5.75 Å². The summed E-state index contributed by atoms with van der Waals surface area (Å²) in [4.78, 5) is 12.6. The lowest BCUT2D eigenvalue weighted by molar-refractivity contribution is 0.102. The Morgan fingerprint density at radius 2 is 1.68 bits per heavy atom. The Labute approximate surface area is 143 Å². The number of carbonyl (C=O) groups excluding carboxylic acids is 1. The van der Waals surface area contributed by atoms with E-state index in [1.807, 2.05) is 6.07 Å². The van der Waals surface area contributed by atoms with Crippen LogP contribution in [0.25, 0.3) is 10.8 Å². The van der Waals surface area contributed by atoms with Gasteiger partial charge in [-0.25, -0.2) is 0 Å². The van der Waals surface area contributed by atoms with Gasteiger partial charge in [-0.05, 0) is 18.2 Å². The Balaban J connectivity index is 2.10. The zero-order valence-electron chi connectivity index (χ0n) is 13.1. The fraction of sp³-hybridized carbons (Fsp3) is 0. The van der Waals surface area contributed by atoms with Crippen molar-refractivity contribution in [2.24, 2.45) is 16.0 Å². The highest BCUT2D eigenvalue weighted by molar-refractivity contribution is 6.12. The van der Waals surface area contributed by atoms with E-state index in [9.17, 15) is 9.90 Å². The number of fused-ring (bicyclic) bond motifs is 1. The van der Waals surface area contributed by atoms with Gasteiger partial charge in [-0.15, -0.1) is 10.2 Å². The van der Waals surface area contributed by atoms with Gasteiger partial charge < -0.3 is 16.2 Å². The maximum atomic E-state index is 12.6. The number of aromatic hydroxyl groups is 1. The van der Waals surface area contributed by atoms with E-state index in [1.54, 1.807) is 48.5 Å². The van der Waals surface area contributed by atoms with Crippen molar-refractivity contribution in [2.45, 2.75) is 0 Å². The Morgan fingerprint density at radius 1 is 1.04 bits per heavy atom. The molecule has 0 radical (unpaired) electrons. The Bertz CT molecular complexity index is 983. The molecule has 0 saturated carbocycles. The third-order valence-electron chi connectivity index (χ3n) is 3.54. The first-order chi connectivity index (χ1) is 12.1. The van der Waals surface area contributed by atoms with Gasteiger partial charge in [0.15, 0.2) is 0 Å². The van der Waals surface area contributed by atoms with E-state index >= 15 is 0 Å². The third-order valence-corrected chi connectivity index (χ3v) is 3.54. The molecule has 1 amide bonds. The molecule has 0 aliphatic carbocycles. The molecule has 0 fully saturated rings. The van der Waals surface area contributed by atoms with Crippen LogP contribution in [0.3, 0.4) is 0 Å². The first kappa shape index (κ1) is 16.1. The van der Waals surface area contributed by atoms with Crippen LogP contribution >= 0.6 is 0 Å². The second kappa shape index (κ2) is 6.79. The molecule has 0 spiro atoms. The number of rotatable bonds is 3. The number of azo groups is 1. The summed E-state index contributed by atoms with van der Waals surface area (Å²) < 4.78 is 0.